The summed E-state index contributed by atoms with van der Waals surface area (Å²) in [6, 6.07) is 3.44. The summed E-state index contributed by atoms with van der Waals surface area (Å²) >= 11 is 0. The summed E-state index contributed by atoms with van der Waals surface area (Å²) in [6.07, 6.45) is 1.06. The van der Waals surface area contributed by atoms with E-state index in [1.54, 1.807) is 26.8 Å². The fraction of sp³-hybridized carbons (Fsp3) is 0.529. The van der Waals surface area contributed by atoms with E-state index in [0.717, 1.165) is 0 Å². The number of rotatable bonds is 5. The van der Waals surface area contributed by atoms with E-state index in [4.69, 9.17) is 0 Å². The molecule has 0 aliphatic carbocycles. The first-order chi connectivity index (χ1) is 11.6. The summed E-state index contributed by atoms with van der Waals surface area (Å²) in [7, 11) is -4.05. The molecule has 1 aliphatic rings. The monoisotopic (exact) mass is 370 g/mol. The maximum Gasteiger partial charge on any atom is 0.256 e. The van der Waals surface area contributed by atoms with E-state index < -0.39 is 33.5 Å². The van der Waals surface area contributed by atoms with Crippen LogP contribution in [0.15, 0.2) is 18.2 Å². The van der Waals surface area contributed by atoms with Crippen LogP contribution < -0.4 is 4.72 Å². The fourth-order valence-electron chi connectivity index (χ4n) is 2.87. The molecule has 1 N–H and O–H groups in total. The number of benzene rings is 1. The Morgan fingerprint density at radius 1 is 1.36 bits per heavy atom. The Bertz CT molecular complexity index is 777. The summed E-state index contributed by atoms with van der Waals surface area (Å²) in [6.45, 7) is 5.59. The second-order valence-corrected chi connectivity index (χ2v) is 8.39. The molecule has 1 heterocycles. The van der Waals surface area contributed by atoms with Crippen molar-refractivity contribution < 1.29 is 22.4 Å². The average Bonchev–Trinajstić information content (AvgIpc) is 2.98. The Kier molecular flexibility index (Phi) is 5.82. The summed E-state index contributed by atoms with van der Waals surface area (Å²) in [4.78, 5) is 25.9. The van der Waals surface area contributed by atoms with Gasteiger partial charge in [-0.2, -0.15) is 0 Å². The van der Waals surface area contributed by atoms with Gasteiger partial charge in [0.05, 0.1) is 5.75 Å². The molecule has 0 radical (unpaired) electrons. The molecule has 0 unspecified atom stereocenters. The number of amides is 2. The summed E-state index contributed by atoms with van der Waals surface area (Å²) in [5.41, 5.74) is 0.670. The number of aryl methyl sites for hydroxylation is 1. The van der Waals surface area contributed by atoms with Crippen molar-refractivity contribution in [1.29, 1.82) is 0 Å². The molecule has 138 valence electrons. The van der Waals surface area contributed by atoms with Crippen molar-refractivity contribution in [3.8, 4) is 0 Å². The van der Waals surface area contributed by atoms with Crippen LogP contribution in [0.3, 0.4) is 0 Å². The maximum absolute atomic E-state index is 13.8. The number of likely N-dealkylation sites (tertiary alicyclic amines) is 1. The first kappa shape index (κ1) is 19.4. The minimum atomic E-state index is -4.05. The second-order valence-electron chi connectivity index (χ2n) is 6.66. The van der Waals surface area contributed by atoms with Crippen LogP contribution in [0.25, 0.3) is 0 Å². The Morgan fingerprint density at radius 2 is 2.04 bits per heavy atom. The average molecular weight is 370 g/mol. The van der Waals surface area contributed by atoms with Gasteiger partial charge < -0.3 is 4.90 Å². The van der Waals surface area contributed by atoms with Crippen molar-refractivity contribution in [3.63, 3.8) is 0 Å². The van der Waals surface area contributed by atoms with Crippen molar-refractivity contribution in [2.24, 2.45) is 5.92 Å². The van der Waals surface area contributed by atoms with Gasteiger partial charge >= 0.3 is 0 Å². The van der Waals surface area contributed by atoms with E-state index >= 15 is 0 Å². The molecule has 2 rings (SSSR count). The summed E-state index contributed by atoms with van der Waals surface area (Å²) in [5.74, 6) is -2.45. The Hall–Kier alpha value is -1.96. The predicted molar refractivity (Wildman–Crippen MR) is 91.5 cm³/mol. The Labute approximate surface area is 147 Å². The molecule has 6 nitrogen and oxygen atoms in total. The number of hydrogen-bond donors (Lipinski definition) is 1. The molecule has 1 saturated heterocycles. The zero-order valence-electron chi connectivity index (χ0n) is 14.6. The minimum Gasteiger partial charge on any atom is -0.330 e. The van der Waals surface area contributed by atoms with Gasteiger partial charge in [-0.25, -0.2) is 12.8 Å². The number of hydrogen-bond acceptors (Lipinski definition) is 4. The number of sulfonamides is 1. The smallest absolute Gasteiger partial charge is 0.256 e. The highest BCUT2D eigenvalue weighted by Crippen LogP contribution is 2.20. The van der Waals surface area contributed by atoms with Crippen molar-refractivity contribution in [2.75, 3.05) is 6.54 Å². The van der Waals surface area contributed by atoms with Crippen molar-refractivity contribution in [2.45, 2.75) is 45.4 Å². The molecule has 1 atom stereocenters. The van der Waals surface area contributed by atoms with Crippen LogP contribution in [0.2, 0.25) is 0 Å². The van der Waals surface area contributed by atoms with E-state index in [2.05, 4.69) is 0 Å². The molecule has 8 heteroatoms. The van der Waals surface area contributed by atoms with E-state index in [0.29, 0.717) is 24.9 Å². The van der Waals surface area contributed by atoms with Crippen LogP contribution in [-0.2, 0) is 25.4 Å². The van der Waals surface area contributed by atoms with Gasteiger partial charge in [0.25, 0.3) is 5.91 Å². The maximum atomic E-state index is 13.8. The van der Waals surface area contributed by atoms with Gasteiger partial charge in [0.1, 0.15) is 11.9 Å². The third-order valence-corrected chi connectivity index (χ3v) is 5.35. The lowest BCUT2D eigenvalue weighted by Gasteiger charge is -2.25. The Morgan fingerprint density at radius 3 is 2.64 bits per heavy atom. The highest BCUT2D eigenvalue weighted by molar-refractivity contribution is 7.89. The van der Waals surface area contributed by atoms with E-state index in [-0.39, 0.29) is 17.4 Å². The van der Waals surface area contributed by atoms with E-state index in [9.17, 15) is 22.4 Å². The van der Waals surface area contributed by atoms with Crippen LogP contribution >= 0.6 is 0 Å². The first-order valence-corrected chi connectivity index (χ1v) is 9.86. The van der Waals surface area contributed by atoms with Crippen molar-refractivity contribution >= 4 is 21.8 Å². The lowest BCUT2D eigenvalue weighted by atomic mass is 10.1. The van der Waals surface area contributed by atoms with E-state index in [1.165, 1.54) is 17.0 Å². The number of nitrogens with zero attached hydrogens (tertiary/aromatic N) is 1. The molecule has 1 aromatic rings. The summed E-state index contributed by atoms with van der Waals surface area (Å²) in [5, 5.41) is 0. The molecule has 0 saturated carbocycles. The van der Waals surface area contributed by atoms with Crippen LogP contribution in [0, 0.1) is 18.7 Å². The lowest BCUT2D eigenvalue weighted by Crippen LogP contribution is -2.48. The van der Waals surface area contributed by atoms with Crippen LogP contribution in [0.5, 0.6) is 0 Å². The fourth-order valence-corrected chi connectivity index (χ4v) is 4.02. The molecule has 1 aliphatic heterocycles. The molecule has 1 fully saturated rings. The third-order valence-electron chi connectivity index (χ3n) is 4.14. The van der Waals surface area contributed by atoms with Gasteiger partial charge in [-0.15, -0.1) is 0 Å². The zero-order valence-corrected chi connectivity index (χ0v) is 15.4. The van der Waals surface area contributed by atoms with Gasteiger partial charge in [0, 0.05) is 18.0 Å². The molecule has 0 aromatic heterocycles. The Balaban J connectivity index is 2.09. The molecule has 0 spiro atoms. The molecule has 25 heavy (non-hydrogen) atoms. The lowest BCUT2D eigenvalue weighted by molar-refractivity contribution is -0.140. The molecule has 0 bridgehead atoms. The van der Waals surface area contributed by atoms with E-state index in [1.807, 2.05) is 4.72 Å². The number of halogens is 1. The quantitative estimate of drug-likeness (QED) is 0.856. The van der Waals surface area contributed by atoms with Gasteiger partial charge in [-0.05, 0) is 31.4 Å². The molecular weight excluding hydrogens is 347 g/mol. The second kappa shape index (κ2) is 7.51. The minimum absolute atomic E-state index is 0.00700. The van der Waals surface area contributed by atoms with Crippen molar-refractivity contribution in [1.82, 2.24) is 9.62 Å². The van der Waals surface area contributed by atoms with Crippen LogP contribution in [-0.4, -0.2) is 37.7 Å². The highest BCUT2D eigenvalue weighted by atomic mass is 32.2. The standard InChI is InChI=1S/C17H23FN2O4S/c1-11(2)17(22)20-8-4-5-15(20)16(21)19-25(23,24)10-13-7-6-12(3)9-14(13)18/h6-7,9,11,15H,4-5,8,10H2,1-3H3,(H,19,21)/t15-/m1/s1. The predicted octanol–water partition coefficient (Wildman–Crippen LogP) is 1.73. The number of nitrogens with one attached hydrogen (secondary N) is 1. The van der Waals surface area contributed by atoms with Crippen LogP contribution in [0.1, 0.15) is 37.8 Å². The SMILES string of the molecule is Cc1ccc(CS(=O)(=O)NC(=O)[C@H]2CCCN2C(=O)C(C)C)c(F)c1. The molecular formula is C17H23FN2O4S. The zero-order chi connectivity index (χ0) is 18.8. The van der Waals surface area contributed by atoms with Gasteiger partial charge in [0.2, 0.25) is 15.9 Å². The summed E-state index contributed by atoms with van der Waals surface area (Å²) < 4.78 is 40.3. The normalized spacial score (nSPS) is 17.8. The molecule has 2 amide bonds. The highest BCUT2D eigenvalue weighted by Gasteiger charge is 2.36. The van der Waals surface area contributed by atoms with Crippen molar-refractivity contribution in [3.05, 3.63) is 35.1 Å². The number of carbonyl (C=O) groups is 2. The van der Waals surface area contributed by atoms with Gasteiger partial charge in [-0.3, -0.25) is 14.3 Å². The largest absolute Gasteiger partial charge is 0.330 e. The van der Waals surface area contributed by atoms with Crippen LogP contribution in [0.4, 0.5) is 4.39 Å². The van der Waals surface area contributed by atoms with Gasteiger partial charge in [-0.1, -0.05) is 26.0 Å². The number of carbonyl (C=O) groups excluding carboxylic acids is 2. The third kappa shape index (κ3) is 4.78. The van der Waals surface area contributed by atoms with Gasteiger partial charge in [0.15, 0.2) is 0 Å². The first-order valence-electron chi connectivity index (χ1n) is 8.20. The molecule has 1 aromatic carbocycles. The topological polar surface area (TPSA) is 83.6 Å².